The molecule has 0 saturated carbocycles. The molecule has 0 aliphatic carbocycles. The molecule has 8 nitrogen and oxygen atoms in total. The second kappa shape index (κ2) is 9.32. The van der Waals surface area contributed by atoms with Crippen molar-refractivity contribution < 1.29 is 27.4 Å². The van der Waals surface area contributed by atoms with Crippen molar-refractivity contribution in [1.29, 1.82) is 0 Å². The summed E-state index contributed by atoms with van der Waals surface area (Å²) in [7, 11) is -0.796. The van der Waals surface area contributed by atoms with Crippen molar-refractivity contribution in [2.24, 2.45) is 0 Å². The Hall–Kier alpha value is -2.94. The number of methoxy groups -OCH3 is 2. The van der Waals surface area contributed by atoms with Crippen LogP contribution < -0.4 is 23.8 Å². The molecule has 9 heteroatoms. The molecule has 0 radical (unpaired) electrons. The number of nitrogens with one attached hydrogen (secondary N) is 1. The number of carbonyl (C=O) groups excluding carboxylic acids is 1. The van der Waals surface area contributed by atoms with Crippen LogP contribution in [0.4, 0.5) is 11.4 Å². The van der Waals surface area contributed by atoms with Crippen LogP contribution in [-0.2, 0) is 14.8 Å². The van der Waals surface area contributed by atoms with Crippen molar-refractivity contribution in [3.63, 3.8) is 0 Å². The Kier molecular flexibility index (Phi) is 7.11. The van der Waals surface area contributed by atoms with Gasteiger partial charge in [-0.2, -0.15) is 0 Å². The van der Waals surface area contributed by atoms with E-state index in [1.54, 1.807) is 36.4 Å². The summed E-state index contributed by atoms with van der Waals surface area (Å²) in [6.45, 7) is 1.86. The van der Waals surface area contributed by atoms with Gasteiger partial charge in [-0.05, 0) is 31.2 Å². The predicted octanol–water partition coefficient (Wildman–Crippen LogP) is 2.51. The minimum atomic E-state index is -3.73. The van der Waals surface area contributed by atoms with Gasteiger partial charge in [-0.1, -0.05) is 12.1 Å². The number of rotatable bonds is 9. The lowest BCUT2D eigenvalue weighted by atomic mass is 10.2. The summed E-state index contributed by atoms with van der Waals surface area (Å²) in [6.07, 6.45) is 1.03. The first-order valence-electron chi connectivity index (χ1n) is 8.51. The van der Waals surface area contributed by atoms with Crippen LogP contribution in [0.25, 0.3) is 0 Å². The van der Waals surface area contributed by atoms with E-state index in [2.05, 4.69) is 5.32 Å². The zero-order chi connectivity index (χ0) is 20.7. The average molecular weight is 408 g/mol. The molecule has 0 saturated heterocycles. The number of sulfonamides is 1. The summed E-state index contributed by atoms with van der Waals surface area (Å²) in [5.41, 5.74) is 0.753. The maximum Gasteiger partial charge on any atom is 0.245 e. The van der Waals surface area contributed by atoms with E-state index in [-0.39, 0.29) is 5.69 Å². The number of carbonyl (C=O) groups is 1. The Balaban J connectivity index is 2.28. The van der Waals surface area contributed by atoms with Gasteiger partial charge in [-0.15, -0.1) is 0 Å². The minimum absolute atomic E-state index is 0.286. The van der Waals surface area contributed by atoms with Gasteiger partial charge in [0, 0.05) is 6.07 Å². The Morgan fingerprint density at radius 1 is 1.04 bits per heavy atom. The molecule has 2 aromatic rings. The first-order chi connectivity index (χ1) is 13.3. The zero-order valence-electron chi connectivity index (χ0n) is 16.3. The molecule has 0 atom stereocenters. The Labute approximate surface area is 165 Å². The van der Waals surface area contributed by atoms with Gasteiger partial charge < -0.3 is 19.5 Å². The highest BCUT2D eigenvalue weighted by Crippen LogP contribution is 2.32. The molecule has 1 N–H and O–H groups in total. The molecule has 2 aromatic carbocycles. The van der Waals surface area contributed by atoms with Gasteiger partial charge in [-0.25, -0.2) is 8.42 Å². The van der Waals surface area contributed by atoms with Crippen LogP contribution in [0.5, 0.6) is 17.2 Å². The van der Waals surface area contributed by atoms with Crippen LogP contribution in [0.15, 0.2) is 42.5 Å². The number of amides is 1. The van der Waals surface area contributed by atoms with Crippen molar-refractivity contribution in [1.82, 2.24) is 0 Å². The molecule has 0 bridgehead atoms. The van der Waals surface area contributed by atoms with E-state index < -0.39 is 22.5 Å². The zero-order valence-corrected chi connectivity index (χ0v) is 17.1. The summed E-state index contributed by atoms with van der Waals surface area (Å²) in [5, 5.41) is 2.69. The van der Waals surface area contributed by atoms with Crippen LogP contribution in [0.3, 0.4) is 0 Å². The van der Waals surface area contributed by atoms with Gasteiger partial charge in [-0.3, -0.25) is 9.10 Å². The monoisotopic (exact) mass is 408 g/mol. The van der Waals surface area contributed by atoms with Crippen molar-refractivity contribution in [2.45, 2.75) is 6.92 Å². The molecule has 0 heterocycles. The van der Waals surface area contributed by atoms with E-state index in [4.69, 9.17) is 14.2 Å². The van der Waals surface area contributed by atoms with Crippen LogP contribution in [0.1, 0.15) is 6.92 Å². The van der Waals surface area contributed by atoms with Crippen LogP contribution >= 0.6 is 0 Å². The highest BCUT2D eigenvalue weighted by molar-refractivity contribution is 7.92. The van der Waals surface area contributed by atoms with Gasteiger partial charge in [0.2, 0.25) is 15.9 Å². The number of ether oxygens (including phenoxy) is 3. The lowest BCUT2D eigenvalue weighted by Crippen LogP contribution is -2.37. The van der Waals surface area contributed by atoms with Crippen molar-refractivity contribution in [3.8, 4) is 17.2 Å². The first-order valence-corrected chi connectivity index (χ1v) is 10.4. The molecular weight excluding hydrogens is 384 g/mol. The first kappa shape index (κ1) is 21.4. The van der Waals surface area contributed by atoms with Crippen LogP contribution in [0, 0.1) is 0 Å². The Morgan fingerprint density at radius 2 is 1.71 bits per heavy atom. The molecule has 2 rings (SSSR count). The number of hydrogen-bond acceptors (Lipinski definition) is 6. The molecule has 0 aliphatic rings. The van der Waals surface area contributed by atoms with Gasteiger partial charge in [0.25, 0.3) is 0 Å². The predicted molar refractivity (Wildman–Crippen MR) is 108 cm³/mol. The maximum atomic E-state index is 12.5. The largest absolute Gasteiger partial charge is 0.493 e. The number of benzene rings is 2. The van der Waals surface area contributed by atoms with E-state index >= 15 is 0 Å². The molecule has 152 valence electrons. The number of para-hydroxylation sites is 2. The molecule has 0 spiro atoms. The highest BCUT2D eigenvalue weighted by Gasteiger charge is 2.23. The molecule has 1 amide bonds. The van der Waals surface area contributed by atoms with Crippen molar-refractivity contribution in [3.05, 3.63) is 42.5 Å². The fourth-order valence-electron chi connectivity index (χ4n) is 2.55. The van der Waals surface area contributed by atoms with Gasteiger partial charge in [0.1, 0.15) is 12.3 Å². The summed E-state index contributed by atoms with van der Waals surface area (Å²) in [6, 6.07) is 11.6. The Morgan fingerprint density at radius 3 is 2.32 bits per heavy atom. The lowest BCUT2D eigenvalue weighted by molar-refractivity contribution is -0.114. The quantitative estimate of drug-likeness (QED) is 0.685. The standard InChI is InChI=1S/C19H24N2O6S/c1-5-27-16-9-7-6-8-15(16)20-19(22)13-21(28(4,23)24)14-10-11-17(25-2)18(12-14)26-3/h6-12H,5,13H2,1-4H3,(H,20,22). The molecule has 28 heavy (non-hydrogen) atoms. The fraction of sp³-hybridized carbons (Fsp3) is 0.316. The van der Waals surface area contributed by atoms with E-state index in [0.717, 1.165) is 10.6 Å². The number of hydrogen-bond donors (Lipinski definition) is 1. The van der Waals surface area contributed by atoms with Crippen LogP contribution in [0.2, 0.25) is 0 Å². The minimum Gasteiger partial charge on any atom is -0.493 e. The molecular formula is C19H24N2O6S. The van der Waals surface area contributed by atoms with Gasteiger partial charge in [0.05, 0.1) is 38.5 Å². The van der Waals surface area contributed by atoms with E-state index in [1.807, 2.05) is 6.92 Å². The number of nitrogens with zero attached hydrogens (tertiary/aromatic N) is 1. The molecule has 0 unspecified atom stereocenters. The number of anilines is 2. The summed E-state index contributed by atoms with van der Waals surface area (Å²) in [5.74, 6) is 0.813. The highest BCUT2D eigenvalue weighted by atomic mass is 32.2. The SMILES string of the molecule is CCOc1ccccc1NC(=O)CN(c1ccc(OC)c(OC)c1)S(C)(=O)=O. The Bertz CT molecular complexity index is 930. The third-order valence-electron chi connectivity index (χ3n) is 3.80. The second-order valence-electron chi connectivity index (χ2n) is 5.79. The summed E-state index contributed by atoms with van der Waals surface area (Å²) < 4.78 is 41.4. The average Bonchev–Trinajstić information content (AvgIpc) is 2.66. The van der Waals surface area contributed by atoms with Gasteiger partial charge >= 0.3 is 0 Å². The van der Waals surface area contributed by atoms with E-state index in [0.29, 0.717) is 29.5 Å². The van der Waals surface area contributed by atoms with Crippen LogP contribution in [-0.4, -0.2) is 48.0 Å². The van der Waals surface area contributed by atoms with Gasteiger partial charge in [0.15, 0.2) is 11.5 Å². The second-order valence-corrected chi connectivity index (χ2v) is 7.69. The summed E-state index contributed by atoms with van der Waals surface area (Å²) in [4.78, 5) is 12.5. The molecule has 0 aliphatic heterocycles. The molecule has 0 aromatic heterocycles. The maximum absolute atomic E-state index is 12.5. The van der Waals surface area contributed by atoms with E-state index in [9.17, 15) is 13.2 Å². The summed E-state index contributed by atoms with van der Waals surface area (Å²) >= 11 is 0. The normalized spacial score (nSPS) is 10.9. The smallest absolute Gasteiger partial charge is 0.245 e. The third kappa shape index (κ3) is 5.29. The topological polar surface area (TPSA) is 94.2 Å². The van der Waals surface area contributed by atoms with E-state index in [1.165, 1.54) is 20.3 Å². The third-order valence-corrected chi connectivity index (χ3v) is 4.94. The fourth-order valence-corrected chi connectivity index (χ4v) is 3.40. The lowest BCUT2D eigenvalue weighted by Gasteiger charge is -2.23. The van der Waals surface area contributed by atoms with Crippen molar-refractivity contribution >= 4 is 27.3 Å². The van der Waals surface area contributed by atoms with Crippen molar-refractivity contribution in [2.75, 3.05) is 43.2 Å². The molecule has 0 fully saturated rings.